The Labute approximate surface area is 208 Å². The van der Waals surface area contributed by atoms with Crippen molar-refractivity contribution in [2.75, 3.05) is 19.6 Å². The van der Waals surface area contributed by atoms with E-state index in [9.17, 15) is 13.2 Å². The van der Waals surface area contributed by atoms with Gasteiger partial charge in [0.15, 0.2) is 0 Å². The van der Waals surface area contributed by atoms with E-state index in [1.165, 1.54) is 30.3 Å². The molecule has 0 spiro atoms. The number of benzene rings is 2. The van der Waals surface area contributed by atoms with Gasteiger partial charge >= 0.3 is 6.18 Å². The second-order valence-corrected chi connectivity index (χ2v) is 10.6. The van der Waals surface area contributed by atoms with Crippen molar-refractivity contribution in [3.63, 3.8) is 0 Å². The first kappa shape index (κ1) is 25.9. The molecule has 0 atom stereocenters. The summed E-state index contributed by atoms with van der Waals surface area (Å²) in [5, 5.41) is 0. The minimum absolute atomic E-state index is 0.0370. The first-order valence-electron chi connectivity index (χ1n) is 13.3. The molecule has 35 heavy (non-hydrogen) atoms. The van der Waals surface area contributed by atoms with Crippen molar-refractivity contribution < 1.29 is 13.2 Å². The maximum absolute atomic E-state index is 13.9. The fourth-order valence-electron chi connectivity index (χ4n) is 5.75. The Hall–Kier alpha value is -2.14. The number of rotatable bonds is 8. The highest BCUT2D eigenvalue weighted by molar-refractivity contribution is 5.98. The van der Waals surface area contributed by atoms with Crippen molar-refractivity contribution in [3.05, 3.63) is 69.8 Å². The van der Waals surface area contributed by atoms with Crippen LogP contribution in [0.15, 0.2) is 41.4 Å². The van der Waals surface area contributed by atoms with Gasteiger partial charge in [-0.15, -0.1) is 0 Å². The summed E-state index contributed by atoms with van der Waals surface area (Å²) in [5.74, 6) is 0.833. The van der Waals surface area contributed by atoms with Gasteiger partial charge in [-0.1, -0.05) is 57.4 Å². The van der Waals surface area contributed by atoms with Crippen molar-refractivity contribution in [1.29, 1.82) is 0 Å². The van der Waals surface area contributed by atoms with Crippen LogP contribution in [-0.4, -0.2) is 30.2 Å². The predicted octanol–water partition coefficient (Wildman–Crippen LogP) is 7.82. The maximum atomic E-state index is 13.9. The zero-order valence-corrected chi connectivity index (χ0v) is 21.4. The Bertz CT molecular complexity index is 1030. The lowest BCUT2D eigenvalue weighted by molar-refractivity contribution is -0.138. The number of halogens is 3. The molecule has 2 nitrogen and oxygen atoms in total. The van der Waals surface area contributed by atoms with E-state index in [-0.39, 0.29) is 5.92 Å². The first-order valence-corrected chi connectivity index (χ1v) is 13.3. The van der Waals surface area contributed by atoms with Crippen molar-refractivity contribution >= 4 is 5.71 Å². The number of aliphatic imine (C=N–C) groups is 1. The largest absolute Gasteiger partial charge is 0.416 e. The van der Waals surface area contributed by atoms with E-state index in [2.05, 4.69) is 36.9 Å². The Morgan fingerprint density at radius 3 is 2.40 bits per heavy atom. The van der Waals surface area contributed by atoms with Gasteiger partial charge in [0.2, 0.25) is 0 Å². The van der Waals surface area contributed by atoms with Gasteiger partial charge in [-0.05, 0) is 84.4 Å². The number of likely N-dealkylation sites (tertiary alicyclic amines) is 1. The van der Waals surface area contributed by atoms with E-state index in [0.717, 1.165) is 62.3 Å². The lowest BCUT2D eigenvalue weighted by Gasteiger charge is -2.37. The molecule has 0 amide bonds. The van der Waals surface area contributed by atoms with E-state index in [0.29, 0.717) is 24.1 Å². The summed E-state index contributed by atoms with van der Waals surface area (Å²) in [4.78, 5) is 7.20. The zero-order valence-electron chi connectivity index (χ0n) is 21.4. The van der Waals surface area contributed by atoms with Crippen LogP contribution in [0.4, 0.5) is 13.2 Å². The van der Waals surface area contributed by atoms with Crippen LogP contribution in [0.1, 0.15) is 92.2 Å². The SMILES string of the molecule is CCc1cc(C(C)=NCCc2ccc(C3CCCCC3)c(C(F)(F)F)c2)ccc1CN1CC(C)C1. The molecule has 0 aromatic heterocycles. The van der Waals surface area contributed by atoms with Crippen LogP contribution in [0.5, 0.6) is 0 Å². The minimum atomic E-state index is -4.31. The minimum Gasteiger partial charge on any atom is -0.298 e. The highest BCUT2D eigenvalue weighted by Crippen LogP contribution is 2.41. The predicted molar refractivity (Wildman–Crippen MR) is 138 cm³/mol. The van der Waals surface area contributed by atoms with Crippen molar-refractivity contribution in [2.45, 2.75) is 84.4 Å². The van der Waals surface area contributed by atoms with Gasteiger partial charge in [-0.3, -0.25) is 9.89 Å². The number of aryl methyl sites for hydroxylation is 1. The quantitative estimate of drug-likeness (QED) is 0.349. The molecule has 1 aliphatic carbocycles. The molecular weight excluding hydrogens is 445 g/mol. The zero-order chi connectivity index (χ0) is 25.0. The third kappa shape index (κ3) is 6.55. The highest BCUT2D eigenvalue weighted by atomic mass is 19.4. The molecule has 2 fully saturated rings. The number of alkyl halides is 3. The van der Waals surface area contributed by atoms with Gasteiger partial charge in [0.25, 0.3) is 0 Å². The Morgan fingerprint density at radius 2 is 1.74 bits per heavy atom. The van der Waals surface area contributed by atoms with E-state index < -0.39 is 11.7 Å². The molecule has 0 N–H and O–H groups in total. The smallest absolute Gasteiger partial charge is 0.298 e. The van der Waals surface area contributed by atoms with E-state index in [1.54, 1.807) is 6.07 Å². The fourth-order valence-corrected chi connectivity index (χ4v) is 5.75. The second kappa shape index (κ2) is 11.3. The van der Waals surface area contributed by atoms with Crippen LogP contribution in [-0.2, 0) is 25.6 Å². The van der Waals surface area contributed by atoms with Gasteiger partial charge in [0.05, 0.1) is 5.56 Å². The third-order valence-corrected chi connectivity index (χ3v) is 7.76. The highest BCUT2D eigenvalue weighted by Gasteiger charge is 2.35. The molecule has 190 valence electrons. The molecule has 1 heterocycles. The molecule has 0 bridgehead atoms. The standard InChI is InChI=1S/C30H39F3N2/c1-4-24-17-26(11-12-27(24)20-35-18-21(2)19-35)22(3)34-15-14-23-10-13-28(25-8-6-5-7-9-25)29(16-23)30(31,32)33/h10-13,16-17,21,25H,4-9,14-15,18-20H2,1-3H3. The van der Waals surface area contributed by atoms with Gasteiger partial charge in [0.1, 0.15) is 0 Å². The molecule has 4 rings (SSSR count). The third-order valence-electron chi connectivity index (χ3n) is 7.76. The van der Waals surface area contributed by atoms with Crippen LogP contribution in [0.25, 0.3) is 0 Å². The molecule has 5 heteroatoms. The van der Waals surface area contributed by atoms with Crippen LogP contribution in [0.3, 0.4) is 0 Å². The van der Waals surface area contributed by atoms with Crippen molar-refractivity contribution in [2.24, 2.45) is 10.9 Å². The molecule has 2 aliphatic rings. The number of hydrogen-bond donors (Lipinski definition) is 0. The first-order chi connectivity index (χ1) is 16.7. The molecule has 0 radical (unpaired) electrons. The van der Waals surface area contributed by atoms with E-state index in [1.807, 2.05) is 13.0 Å². The van der Waals surface area contributed by atoms with E-state index >= 15 is 0 Å². The molecule has 0 unspecified atom stereocenters. The Kier molecular flexibility index (Phi) is 8.36. The number of nitrogens with zero attached hydrogens (tertiary/aromatic N) is 2. The summed E-state index contributed by atoms with van der Waals surface area (Å²) in [6.45, 7) is 10.3. The summed E-state index contributed by atoms with van der Waals surface area (Å²) in [6, 6.07) is 11.6. The summed E-state index contributed by atoms with van der Waals surface area (Å²) >= 11 is 0. The maximum Gasteiger partial charge on any atom is 0.416 e. The Morgan fingerprint density at radius 1 is 1.00 bits per heavy atom. The van der Waals surface area contributed by atoms with Gasteiger partial charge < -0.3 is 0 Å². The molecule has 2 aromatic carbocycles. The van der Waals surface area contributed by atoms with E-state index in [4.69, 9.17) is 4.99 Å². The summed E-state index contributed by atoms with van der Waals surface area (Å²) in [6.07, 6.45) is 2.08. The lowest BCUT2D eigenvalue weighted by Crippen LogP contribution is -2.44. The summed E-state index contributed by atoms with van der Waals surface area (Å²) < 4.78 is 41.6. The molecule has 1 aliphatic heterocycles. The van der Waals surface area contributed by atoms with Crippen LogP contribution in [0.2, 0.25) is 0 Å². The Balaban J connectivity index is 1.42. The monoisotopic (exact) mass is 484 g/mol. The molecular formula is C30H39F3N2. The van der Waals surface area contributed by atoms with Crippen LogP contribution in [0, 0.1) is 5.92 Å². The normalized spacial score (nSPS) is 18.6. The van der Waals surface area contributed by atoms with Crippen LogP contribution >= 0.6 is 0 Å². The van der Waals surface area contributed by atoms with Crippen molar-refractivity contribution in [1.82, 2.24) is 4.90 Å². The second-order valence-electron chi connectivity index (χ2n) is 10.6. The van der Waals surface area contributed by atoms with Gasteiger partial charge in [-0.2, -0.15) is 13.2 Å². The van der Waals surface area contributed by atoms with Gasteiger partial charge in [0, 0.05) is 31.9 Å². The topological polar surface area (TPSA) is 15.6 Å². The lowest BCUT2D eigenvalue weighted by atomic mass is 9.81. The number of hydrogen-bond acceptors (Lipinski definition) is 2. The average molecular weight is 485 g/mol. The fraction of sp³-hybridized carbons (Fsp3) is 0.567. The summed E-state index contributed by atoms with van der Waals surface area (Å²) in [5.41, 5.74) is 5.54. The average Bonchev–Trinajstić information content (AvgIpc) is 2.83. The van der Waals surface area contributed by atoms with Crippen LogP contribution < -0.4 is 0 Å². The summed E-state index contributed by atoms with van der Waals surface area (Å²) in [7, 11) is 0. The molecule has 1 saturated heterocycles. The van der Waals surface area contributed by atoms with Gasteiger partial charge in [-0.25, -0.2) is 0 Å². The van der Waals surface area contributed by atoms with Crippen molar-refractivity contribution in [3.8, 4) is 0 Å². The molecule has 2 aromatic rings. The molecule has 1 saturated carbocycles.